The fourth-order valence-electron chi connectivity index (χ4n) is 2.61. The van der Waals surface area contributed by atoms with Gasteiger partial charge in [-0.2, -0.15) is 0 Å². The molecule has 0 bridgehead atoms. The summed E-state index contributed by atoms with van der Waals surface area (Å²) in [5.41, 5.74) is 0.619. The second-order valence-corrected chi connectivity index (χ2v) is 8.95. The van der Waals surface area contributed by atoms with Gasteiger partial charge < -0.3 is 14.8 Å². The Kier molecular flexibility index (Phi) is 8.40. The van der Waals surface area contributed by atoms with E-state index in [2.05, 4.69) is 50.8 Å². The molecule has 1 amide bonds. The van der Waals surface area contributed by atoms with Crippen molar-refractivity contribution in [1.82, 2.24) is 10.3 Å². The van der Waals surface area contributed by atoms with Crippen molar-refractivity contribution in [2.45, 2.75) is 38.2 Å². The number of methoxy groups -OCH3 is 1. The summed E-state index contributed by atoms with van der Waals surface area (Å²) >= 11 is 3.57. The van der Waals surface area contributed by atoms with E-state index in [1.165, 1.54) is 11.8 Å². The lowest BCUT2D eigenvalue weighted by Crippen LogP contribution is -2.47. The van der Waals surface area contributed by atoms with Crippen molar-refractivity contribution in [3.63, 3.8) is 0 Å². The molecule has 7 heteroatoms. The number of nitrogens with one attached hydrogen (secondary N) is 1. The maximum Gasteiger partial charge on any atom is 0.272 e. The number of thioether (sulfide) groups is 1. The van der Waals surface area contributed by atoms with Gasteiger partial charge in [0.2, 0.25) is 5.44 Å². The zero-order chi connectivity index (χ0) is 20.7. The van der Waals surface area contributed by atoms with Crippen LogP contribution in [0.1, 0.15) is 25.8 Å². The van der Waals surface area contributed by atoms with E-state index in [-0.39, 0.29) is 5.91 Å². The predicted octanol–water partition coefficient (Wildman–Crippen LogP) is 4.15. The monoisotopic (exact) mass is 512 g/mol. The minimum atomic E-state index is -0.673. The zero-order valence-corrected chi connectivity index (χ0v) is 19.7. The van der Waals surface area contributed by atoms with E-state index in [0.29, 0.717) is 18.8 Å². The summed E-state index contributed by atoms with van der Waals surface area (Å²) in [6.07, 6.45) is 4.31. The molecular formula is C21H25IN2O3S. The van der Waals surface area contributed by atoms with Gasteiger partial charge in [0.05, 0.1) is 17.7 Å². The first-order valence-corrected chi connectivity index (χ1v) is 11.2. The molecule has 0 fully saturated rings. The lowest BCUT2D eigenvalue weighted by atomic mass is 10.1. The van der Waals surface area contributed by atoms with Gasteiger partial charge in [-0.25, -0.2) is 0 Å². The molecule has 1 heterocycles. The number of ether oxygens (including phenoxy) is 2. The van der Waals surface area contributed by atoms with Crippen LogP contribution in [0.3, 0.4) is 0 Å². The Hall–Kier alpha value is -1.50. The van der Waals surface area contributed by atoms with Crippen molar-refractivity contribution in [2.24, 2.45) is 0 Å². The summed E-state index contributed by atoms with van der Waals surface area (Å²) in [6, 6.07) is 5.88. The van der Waals surface area contributed by atoms with Gasteiger partial charge in [-0.15, -0.1) is 11.8 Å². The molecule has 28 heavy (non-hydrogen) atoms. The summed E-state index contributed by atoms with van der Waals surface area (Å²) < 4.78 is 12.0. The average Bonchev–Trinajstić information content (AvgIpc) is 2.62. The molecule has 0 saturated carbocycles. The van der Waals surface area contributed by atoms with Crippen molar-refractivity contribution in [3.05, 3.63) is 33.5 Å². The summed E-state index contributed by atoms with van der Waals surface area (Å²) in [5, 5.41) is 3.94. The second kappa shape index (κ2) is 10.3. The van der Waals surface area contributed by atoms with Gasteiger partial charge in [-0.05, 0) is 73.4 Å². The molecule has 2 aromatic rings. The number of fused-ring (bicyclic) bond motifs is 1. The van der Waals surface area contributed by atoms with Gasteiger partial charge in [-0.1, -0.05) is 11.8 Å². The van der Waals surface area contributed by atoms with Gasteiger partial charge in [0, 0.05) is 28.7 Å². The molecule has 1 unspecified atom stereocenters. The Labute approximate surface area is 184 Å². The standard InChI is InChI=1S/C21H25IN2O3S/c1-14-10-17(12-15-11-16(22)13-23-18(14)15)27-20(28-5)19(25)24-21(2,3)8-6-7-9-26-4/h10-13,20H,7,9H2,1-5H3,(H,24,25). The normalized spacial score (nSPS) is 12.2. The fourth-order valence-corrected chi connectivity index (χ4v) is 3.56. The number of amides is 1. The number of rotatable bonds is 7. The number of carbonyl (C=O) groups excluding carboxylic acids is 1. The molecule has 1 N–H and O–H groups in total. The Balaban J connectivity index is 2.13. The number of benzene rings is 1. The quantitative estimate of drug-likeness (QED) is 0.262. The van der Waals surface area contributed by atoms with E-state index in [1.807, 2.05) is 45.4 Å². The number of hydrogen-bond donors (Lipinski definition) is 1. The Morgan fingerprint density at radius 1 is 1.39 bits per heavy atom. The van der Waals surface area contributed by atoms with Crippen molar-refractivity contribution in [1.29, 1.82) is 0 Å². The third-order valence-corrected chi connectivity index (χ3v) is 5.18. The predicted molar refractivity (Wildman–Crippen MR) is 124 cm³/mol. The van der Waals surface area contributed by atoms with E-state index in [0.717, 1.165) is 20.0 Å². The van der Waals surface area contributed by atoms with Gasteiger partial charge in [-0.3, -0.25) is 9.78 Å². The minimum Gasteiger partial charge on any atom is -0.470 e. The summed E-state index contributed by atoms with van der Waals surface area (Å²) in [5.74, 6) is 6.53. The Morgan fingerprint density at radius 3 is 2.82 bits per heavy atom. The third kappa shape index (κ3) is 6.54. The van der Waals surface area contributed by atoms with Crippen LogP contribution in [0.4, 0.5) is 0 Å². The zero-order valence-electron chi connectivity index (χ0n) is 16.8. The molecule has 0 saturated heterocycles. The molecule has 1 aromatic heterocycles. The summed E-state index contributed by atoms with van der Waals surface area (Å²) in [4.78, 5) is 17.2. The van der Waals surface area contributed by atoms with Crippen molar-refractivity contribution in [3.8, 4) is 17.6 Å². The van der Waals surface area contributed by atoms with Crippen LogP contribution >= 0.6 is 34.4 Å². The number of carbonyl (C=O) groups is 1. The average molecular weight is 512 g/mol. The highest BCUT2D eigenvalue weighted by molar-refractivity contribution is 14.1. The van der Waals surface area contributed by atoms with Gasteiger partial charge in [0.15, 0.2) is 0 Å². The summed E-state index contributed by atoms with van der Waals surface area (Å²) in [7, 11) is 1.64. The smallest absolute Gasteiger partial charge is 0.272 e. The number of nitrogens with zero attached hydrogens (tertiary/aromatic N) is 1. The van der Waals surface area contributed by atoms with E-state index in [9.17, 15) is 4.79 Å². The number of pyridine rings is 1. The molecule has 0 aliphatic carbocycles. The maximum atomic E-state index is 12.7. The van der Waals surface area contributed by atoms with Crippen LogP contribution in [0.15, 0.2) is 24.4 Å². The molecular weight excluding hydrogens is 487 g/mol. The number of hydrogen-bond acceptors (Lipinski definition) is 5. The van der Waals surface area contributed by atoms with Crippen LogP contribution in [-0.2, 0) is 9.53 Å². The SMILES string of the molecule is COCCC#CC(C)(C)NC(=O)C(Oc1cc(C)c2ncc(I)cc2c1)SC. The molecule has 0 radical (unpaired) electrons. The highest BCUT2D eigenvalue weighted by Crippen LogP contribution is 2.27. The summed E-state index contributed by atoms with van der Waals surface area (Å²) in [6.45, 7) is 6.30. The van der Waals surface area contributed by atoms with Crippen molar-refractivity contribution < 1.29 is 14.3 Å². The van der Waals surface area contributed by atoms with Crippen LogP contribution in [0.25, 0.3) is 10.9 Å². The highest BCUT2D eigenvalue weighted by atomic mass is 127. The van der Waals surface area contributed by atoms with Crippen LogP contribution in [-0.4, -0.2) is 41.8 Å². The highest BCUT2D eigenvalue weighted by Gasteiger charge is 2.25. The minimum absolute atomic E-state index is 0.211. The van der Waals surface area contributed by atoms with Gasteiger partial charge >= 0.3 is 0 Å². The van der Waals surface area contributed by atoms with E-state index in [1.54, 1.807) is 7.11 Å². The topological polar surface area (TPSA) is 60.5 Å². The van der Waals surface area contributed by atoms with Gasteiger partial charge in [0.1, 0.15) is 5.75 Å². The van der Waals surface area contributed by atoms with Crippen LogP contribution in [0, 0.1) is 22.3 Å². The first-order chi connectivity index (χ1) is 13.3. The van der Waals surface area contributed by atoms with Crippen LogP contribution in [0.2, 0.25) is 0 Å². The molecule has 1 aromatic carbocycles. The van der Waals surface area contributed by atoms with Crippen molar-refractivity contribution in [2.75, 3.05) is 20.0 Å². The lowest BCUT2D eigenvalue weighted by Gasteiger charge is -2.24. The van der Waals surface area contributed by atoms with Crippen LogP contribution in [0.5, 0.6) is 5.75 Å². The Morgan fingerprint density at radius 2 is 2.14 bits per heavy atom. The third-order valence-electron chi connectivity index (χ3n) is 3.85. The fraction of sp³-hybridized carbons (Fsp3) is 0.429. The molecule has 1 atom stereocenters. The van der Waals surface area contributed by atoms with E-state index >= 15 is 0 Å². The van der Waals surface area contributed by atoms with E-state index < -0.39 is 11.0 Å². The first kappa shape index (κ1) is 22.8. The lowest BCUT2D eigenvalue weighted by molar-refractivity contribution is -0.125. The molecule has 0 aliphatic rings. The maximum absolute atomic E-state index is 12.7. The van der Waals surface area contributed by atoms with Crippen molar-refractivity contribution >= 4 is 51.2 Å². The molecule has 0 aliphatic heterocycles. The molecule has 150 valence electrons. The van der Waals surface area contributed by atoms with Crippen LogP contribution < -0.4 is 10.1 Å². The first-order valence-electron chi connectivity index (χ1n) is 8.82. The number of halogens is 1. The second-order valence-electron chi connectivity index (χ2n) is 6.81. The van der Waals surface area contributed by atoms with Gasteiger partial charge in [0.25, 0.3) is 5.91 Å². The molecule has 5 nitrogen and oxygen atoms in total. The largest absolute Gasteiger partial charge is 0.470 e. The van der Waals surface area contributed by atoms with E-state index in [4.69, 9.17) is 9.47 Å². The molecule has 0 spiro atoms. The number of aromatic nitrogens is 1. The number of aryl methyl sites for hydroxylation is 1. The Bertz CT molecular complexity index is 906. The molecule has 2 rings (SSSR count).